The SMILES string of the molecule is O=C(O)C(Cc1c(Cl)sc(Cl)c1Cl)NC(=O)C(F)(F)F. The van der Waals surface area contributed by atoms with E-state index < -0.39 is 30.5 Å². The van der Waals surface area contributed by atoms with Gasteiger partial charge in [0.15, 0.2) is 0 Å². The Balaban J connectivity index is 2.94. The van der Waals surface area contributed by atoms with Crippen LogP contribution in [0.5, 0.6) is 0 Å². The summed E-state index contributed by atoms with van der Waals surface area (Å²) < 4.78 is 36.4. The molecular formula is C9H5Cl3F3NO3S. The first-order chi connectivity index (χ1) is 9.04. The van der Waals surface area contributed by atoms with Crippen molar-refractivity contribution in [2.45, 2.75) is 18.6 Å². The molecule has 0 saturated carbocycles. The average Bonchev–Trinajstić information content (AvgIpc) is 2.53. The van der Waals surface area contributed by atoms with E-state index in [2.05, 4.69) is 0 Å². The van der Waals surface area contributed by atoms with Gasteiger partial charge in [0.25, 0.3) is 0 Å². The van der Waals surface area contributed by atoms with Gasteiger partial charge >= 0.3 is 18.1 Å². The molecule has 1 aromatic rings. The number of rotatable bonds is 4. The number of hydrogen-bond acceptors (Lipinski definition) is 3. The molecule has 0 aliphatic carbocycles. The molecule has 1 heterocycles. The lowest BCUT2D eigenvalue weighted by molar-refractivity contribution is -0.175. The molecule has 2 N–H and O–H groups in total. The predicted octanol–water partition coefficient (Wildman–Crippen LogP) is 3.38. The highest BCUT2D eigenvalue weighted by molar-refractivity contribution is 7.20. The van der Waals surface area contributed by atoms with Crippen molar-refractivity contribution in [1.29, 1.82) is 0 Å². The van der Waals surface area contributed by atoms with Crippen LogP contribution in [-0.4, -0.2) is 29.2 Å². The van der Waals surface area contributed by atoms with Gasteiger partial charge in [0.1, 0.15) is 10.4 Å². The van der Waals surface area contributed by atoms with Crippen molar-refractivity contribution >= 4 is 58.0 Å². The number of halogens is 6. The van der Waals surface area contributed by atoms with Crippen LogP contribution in [0.4, 0.5) is 13.2 Å². The van der Waals surface area contributed by atoms with Crippen LogP contribution in [0, 0.1) is 0 Å². The van der Waals surface area contributed by atoms with E-state index >= 15 is 0 Å². The predicted molar refractivity (Wildman–Crippen MR) is 68.7 cm³/mol. The lowest BCUT2D eigenvalue weighted by atomic mass is 10.1. The molecule has 4 nitrogen and oxygen atoms in total. The number of carboxylic acids is 1. The molecule has 1 unspecified atom stereocenters. The van der Waals surface area contributed by atoms with E-state index in [0.29, 0.717) is 0 Å². The highest BCUT2D eigenvalue weighted by Gasteiger charge is 2.41. The van der Waals surface area contributed by atoms with Gasteiger partial charge in [-0.2, -0.15) is 13.2 Å². The fourth-order valence-corrected chi connectivity index (χ4v) is 3.14. The maximum atomic E-state index is 12.1. The first kappa shape index (κ1) is 17.4. The molecule has 0 aromatic carbocycles. The van der Waals surface area contributed by atoms with Gasteiger partial charge in [-0.15, -0.1) is 11.3 Å². The van der Waals surface area contributed by atoms with E-state index in [-0.39, 0.29) is 19.3 Å². The summed E-state index contributed by atoms with van der Waals surface area (Å²) in [6, 6.07) is -1.83. The van der Waals surface area contributed by atoms with E-state index in [0.717, 1.165) is 11.3 Å². The minimum atomic E-state index is -5.19. The van der Waals surface area contributed by atoms with Crippen LogP contribution < -0.4 is 5.32 Å². The van der Waals surface area contributed by atoms with E-state index in [1.165, 1.54) is 5.32 Å². The average molecular weight is 371 g/mol. The third-order valence-corrected chi connectivity index (χ3v) is 4.44. The number of hydrogen-bond donors (Lipinski definition) is 2. The molecular weight excluding hydrogens is 366 g/mol. The van der Waals surface area contributed by atoms with Gasteiger partial charge in [-0.1, -0.05) is 34.8 Å². The summed E-state index contributed by atoms with van der Waals surface area (Å²) in [5.74, 6) is -4.02. The third-order valence-electron chi connectivity index (χ3n) is 2.12. The van der Waals surface area contributed by atoms with Crippen LogP contribution in [0.3, 0.4) is 0 Å². The zero-order valence-electron chi connectivity index (χ0n) is 9.22. The topological polar surface area (TPSA) is 66.4 Å². The molecule has 112 valence electrons. The normalized spacial score (nSPS) is 13.1. The summed E-state index contributed by atoms with van der Waals surface area (Å²) in [6.45, 7) is 0. The second-order valence-electron chi connectivity index (χ2n) is 3.51. The van der Waals surface area contributed by atoms with Gasteiger partial charge < -0.3 is 10.4 Å². The Morgan fingerprint density at radius 2 is 1.80 bits per heavy atom. The van der Waals surface area contributed by atoms with Crippen molar-refractivity contribution in [1.82, 2.24) is 5.32 Å². The highest BCUT2D eigenvalue weighted by Crippen LogP contribution is 2.40. The molecule has 20 heavy (non-hydrogen) atoms. The first-order valence-corrected chi connectivity index (χ1v) is 6.71. The molecule has 1 amide bonds. The first-order valence-electron chi connectivity index (χ1n) is 4.76. The minimum Gasteiger partial charge on any atom is -0.480 e. The van der Waals surface area contributed by atoms with Gasteiger partial charge in [-0.05, 0) is 0 Å². The van der Waals surface area contributed by atoms with Crippen molar-refractivity contribution in [2.75, 3.05) is 0 Å². The van der Waals surface area contributed by atoms with Crippen molar-refractivity contribution in [2.24, 2.45) is 0 Å². The Kier molecular flexibility index (Phi) is 5.54. The van der Waals surface area contributed by atoms with E-state index in [1.807, 2.05) is 0 Å². The number of carboxylic acid groups (broad SMARTS) is 1. The van der Waals surface area contributed by atoms with Crippen LogP contribution in [0.25, 0.3) is 0 Å². The number of thiophene rings is 1. The van der Waals surface area contributed by atoms with Crippen LogP contribution in [0.1, 0.15) is 5.56 Å². The molecule has 0 aliphatic rings. The number of carbonyl (C=O) groups excluding carboxylic acids is 1. The molecule has 0 fully saturated rings. The van der Waals surface area contributed by atoms with E-state index in [9.17, 15) is 22.8 Å². The third kappa shape index (κ3) is 4.15. The van der Waals surface area contributed by atoms with Crippen LogP contribution in [0.2, 0.25) is 13.7 Å². The molecule has 11 heteroatoms. The second kappa shape index (κ2) is 6.38. The minimum absolute atomic E-state index is 0.0471. The van der Waals surface area contributed by atoms with Crippen molar-refractivity contribution < 1.29 is 27.9 Å². The molecule has 0 bridgehead atoms. The quantitative estimate of drug-likeness (QED) is 0.854. The summed E-state index contributed by atoms with van der Waals surface area (Å²) in [4.78, 5) is 21.7. The Labute approximate surface area is 129 Å². The zero-order valence-corrected chi connectivity index (χ0v) is 12.3. The monoisotopic (exact) mass is 369 g/mol. The lowest BCUT2D eigenvalue weighted by Crippen LogP contribution is -2.47. The zero-order chi connectivity index (χ0) is 15.7. The Morgan fingerprint density at radius 1 is 1.25 bits per heavy atom. The number of amides is 1. The summed E-state index contributed by atoms with van der Waals surface area (Å²) in [7, 11) is 0. The van der Waals surface area contributed by atoms with Crippen molar-refractivity contribution in [3.05, 3.63) is 19.3 Å². The molecule has 1 rings (SSSR count). The molecule has 0 radical (unpaired) electrons. The van der Waals surface area contributed by atoms with E-state index in [1.54, 1.807) is 0 Å². The summed E-state index contributed by atoms with van der Waals surface area (Å²) in [5, 5.41) is 10.1. The maximum Gasteiger partial charge on any atom is 0.471 e. The van der Waals surface area contributed by atoms with Gasteiger partial charge in [0, 0.05) is 12.0 Å². The number of carbonyl (C=O) groups is 2. The number of alkyl halides is 3. The largest absolute Gasteiger partial charge is 0.480 e. The summed E-state index contributed by atoms with van der Waals surface area (Å²) in [5.41, 5.74) is 0.0678. The van der Waals surface area contributed by atoms with Gasteiger partial charge in [-0.3, -0.25) is 4.79 Å². The van der Waals surface area contributed by atoms with Gasteiger partial charge in [0.05, 0.1) is 9.36 Å². The van der Waals surface area contributed by atoms with Crippen LogP contribution >= 0.6 is 46.1 Å². The molecule has 0 aliphatic heterocycles. The van der Waals surface area contributed by atoms with Crippen LogP contribution in [0.15, 0.2) is 0 Å². The summed E-state index contributed by atoms with van der Waals surface area (Å²) in [6.07, 6.45) is -5.70. The number of aliphatic carboxylic acids is 1. The van der Waals surface area contributed by atoms with Crippen LogP contribution in [-0.2, 0) is 16.0 Å². The Morgan fingerprint density at radius 3 is 2.15 bits per heavy atom. The van der Waals surface area contributed by atoms with Gasteiger partial charge in [-0.25, -0.2) is 4.79 Å². The fourth-order valence-electron chi connectivity index (χ4n) is 1.20. The highest BCUT2D eigenvalue weighted by atomic mass is 35.5. The fraction of sp³-hybridized carbons (Fsp3) is 0.333. The molecule has 1 atom stereocenters. The number of nitrogens with one attached hydrogen (secondary N) is 1. The maximum absolute atomic E-state index is 12.1. The lowest BCUT2D eigenvalue weighted by Gasteiger charge is -2.15. The molecule has 1 aromatic heterocycles. The summed E-state index contributed by atoms with van der Waals surface area (Å²) >= 11 is 18.0. The second-order valence-corrected chi connectivity index (χ2v) is 6.11. The van der Waals surface area contributed by atoms with Crippen molar-refractivity contribution in [3.8, 4) is 0 Å². The Hall–Kier alpha value is -0.700. The van der Waals surface area contributed by atoms with E-state index in [4.69, 9.17) is 39.9 Å². The standard InChI is InChI=1S/C9H5Cl3F3NO3S/c10-4-2(5(11)20-6(4)12)1-3(7(17)18)16-8(19)9(13,14)15/h3H,1H2,(H,16,19)(H,17,18). The Bertz CT molecular complexity index is 547. The molecule has 0 spiro atoms. The van der Waals surface area contributed by atoms with Crippen molar-refractivity contribution in [3.63, 3.8) is 0 Å². The molecule has 0 saturated heterocycles. The smallest absolute Gasteiger partial charge is 0.471 e. The van der Waals surface area contributed by atoms with Gasteiger partial charge in [0.2, 0.25) is 0 Å².